The molecule has 3 heteroatoms. The first-order chi connectivity index (χ1) is 7.77. The quantitative estimate of drug-likeness (QED) is 0.668. The molecule has 80 valence electrons. The van der Waals surface area contributed by atoms with Crippen molar-refractivity contribution in [2.75, 3.05) is 11.4 Å². The lowest BCUT2D eigenvalue weighted by molar-refractivity contribution is -0.114. The normalized spacial score (nSPS) is 13.8. The molecule has 0 aliphatic carbocycles. The third-order valence-corrected chi connectivity index (χ3v) is 2.81. The summed E-state index contributed by atoms with van der Waals surface area (Å²) in [5.74, 6) is -0.101. The maximum Gasteiger partial charge on any atom is 0.250 e. The monoisotopic (exact) mass is 212 g/mol. The molecule has 0 unspecified atom stereocenters. The Bertz CT molecular complexity index is 485. The Labute approximate surface area is 94.6 Å². The Balaban J connectivity index is 2.52. The van der Waals surface area contributed by atoms with Crippen LogP contribution in [-0.4, -0.2) is 12.5 Å². The molecule has 2 rings (SSSR count). The Morgan fingerprint density at radius 2 is 2.38 bits per heavy atom. The Hall–Kier alpha value is -2.08. The Kier molecular flexibility index (Phi) is 2.74. The molecule has 1 aliphatic rings. The molecule has 1 aromatic rings. The summed E-state index contributed by atoms with van der Waals surface area (Å²) < 4.78 is 0. The fourth-order valence-electron chi connectivity index (χ4n) is 2.07. The molecule has 0 saturated carbocycles. The summed E-state index contributed by atoms with van der Waals surface area (Å²) >= 11 is 0. The van der Waals surface area contributed by atoms with Crippen molar-refractivity contribution in [3.63, 3.8) is 0 Å². The Morgan fingerprint density at radius 3 is 3.06 bits per heavy atom. The van der Waals surface area contributed by atoms with Gasteiger partial charge in [-0.25, -0.2) is 0 Å². The summed E-state index contributed by atoms with van der Waals surface area (Å²) in [6.45, 7) is 4.20. The van der Waals surface area contributed by atoms with Crippen molar-refractivity contribution in [2.45, 2.75) is 12.8 Å². The first kappa shape index (κ1) is 10.4. The van der Waals surface area contributed by atoms with E-state index in [-0.39, 0.29) is 5.91 Å². The van der Waals surface area contributed by atoms with Gasteiger partial charge >= 0.3 is 0 Å². The number of nitrogens with zero attached hydrogens (tertiary/aromatic N) is 2. The predicted octanol–water partition coefficient (Wildman–Crippen LogP) is 2.02. The highest BCUT2D eigenvalue weighted by Gasteiger charge is 2.22. The van der Waals surface area contributed by atoms with Crippen molar-refractivity contribution in [2.24, 2.45) is 0 Å². The van der Waals surface area contributed by atoms with E-state index >= 15 is 0 Å². The zero-order chi connectivity index (χ0) is 11.5. The van der Waals surface area contributed by atoms with Crippen LogP contribution in [0.4, 0.5) is 5.69 Å². The lowest BCUT2D eigenvalue weighted by Gasteiger charge is -2.29. The molecule has 16 heavy (non-hydrogen) atoms. The first-order valence-corrected chi connectivity index (χ1v) is 5.24. The average molecular weight is 212 g/mol. The van der Waals surface area contributed by atoms with Gasteiger partial charge in [-0.1, -0.05) is 12.6 Å². The summed E-state index contributed by atoms with van der Waals surface area (Å²) in [6, 6.07) is 7.66. The van der Waals surface area contributed by atoms with E-state index in [2.05, 4.69) is 12.6 Å². The van der Waals surface area contributed by atoms with Crippen LogP contribution in [0.25, 0.3) is 0 Å². The first-order valence-electron chi connectivity index (χ1n) is 5.24. The zero-order valence-electron chi connectivity index (χ0n) is 8.94. The maximum atomic E-state index is 11.7. The minimum absolute atomic E-state index is 0.101. The number of carbonyl (C=O) groups excluding carboxylic acids is 1. The van der Waals surface area contributed by atoms with E-state index in [0.717, 1.165) is 24.1 Å². The third-order valence-electron chi connectivity index (χ3n) is 2.81. The van der Waals surface area contributed by atoms with Gasteiger partial charge in [0.15, 0.2) is 0 Å². The lowest BCUT2D eigenvalue weighted by atomic mass is 9.97. The van der Waals surface area contributed by atoms with Crippen molar-refractivity contribution in [3.8, 4) is 6.07 Å². The lowest BCUT2D eigenvalue weighted by Crippen LogP contribution is -2.34. The molecule has 0 fully saturated rings. The van der Waals surface area contributed by atoms with Gasteiger partial charge in [-0.15, -0.1) is 0 Å². The highest BCUT2D eigenvalue weighted by Crippen LogP contribution is 2.29. The number of nitriles is 1. The third kappa shape index (κ3) is 1.59. The molecule has 0 bridgehead atoms. The summed E-state index contributed by atoms with van der Waals surface area (Å²) in [4.78, 5) is 13.3. The fourth-order valence-corrected chi connectivity index (χ4v) is 2.07. The second-order valence-corrected chi connectivity index (χ2v) is 3.71. The molecule has 1 aliphatic heterocycles. The van der Waals surface area contributed by atoms with Crippen molar-refractivity contribution in [1.82, 2.24) is 0 Å². The van der Waals surface area contributed by atoms with E-state index in [4.69, 9.17) is 5.26 Å². The molecule has 0 atom stereocenters. The maximum absolute atomic E-state index is 11.7. The van der Waals surface area contributed by atoms with Gasteiger partial charge in [-0.05, 0) is 36.6 Å². The van der Waals surface area contributed by atoms with Gasteiger partial charge in [0.2, 0.25) is 5.91 Å². The van der Waals surface area contributed by atoms with E-state index < -0.39 is 0 Å². The fraction of sp³-hybridized carbons (Fsp3) is 0.231. The van der Waals surface area contributed by atoms with E-state index in [1.807, 2.05) is 12.1 Å². The molecule has 1 aromatic carbocycles. The molecule has 1 heterocycles. The van der Waals surface area contributed by atoms with Crippen molar-refractivity contribution in [3.05, 3.63) is 42.0 Å². The molecule has 0 radical (unpaired) electrons. The SMILES string of the molecule is C=CC(=O)N1CCCc2c(C#N)cccc21. The largest absolute Gasteiger partial charge is 0.309 e. The Morgan fingerprint density at radius 1 is 1.56 bits per heavy atom. The summed E-state index contributed by atoms with van der Waals surface area (Å²) in [6.07, 6.45) is 3.07. The van der Waals surface area contributed by atoms with Crippen molar-refractivity contribution in [1.29, 1.82) is 5.26 Å². The van der Waals surface area contributed by atoms with Gasteiger partial charge in [0.05, 0.1) is 11.6 Å². The predicted molar refractivity (Wildman–Crippen MR) is 62.0 cm³/mol. The van der Waals surface area contributed by atoms with E-state index in [0.29, 0.717) is 12.1 Å². The molecule has 1 amide bonds. The number of hydrogen-bond acceptors (Lipinski definition) is 2. The number of benzene rings is 1. The van der Waals surface area contributed by atoms with Crippen LogP contribution >= 0.6 is 0 Å². The standard InChI is InChI=1S/C13H12N2O/c1-2-13(16)15-8-4-6-11-10(9-14)5-3-7-12(11)15/h2-3,5,7H,1,4,6,8H2. The van der Waals surface area contributed by atoms with E-state index in [1.54, 1.807) is 11.0 Å². The number of carbonyl (C=O) groups is 1. The van der Waals surface area contributed by atoms with Crippen LogP contribution in [0, 0.1) is 11.3 Å². The number of anilines is 1. The molecule has 0 N–H and O–H groups in total. The van der Waals surface area contributed by atoms with Crippen LogP contribution in [0.1, 0.15) is 17.5 Å². The topological polar surface area (TPSA) is 44.1 Å². The van der Waals surface area contributed by atoms with Crippen LogP contribution in [0.5, 0.6) is 0 Å². The average Bonchev–Trinajstić information content (AvgIpc) is 2.36. The van der Waals surface area contributed by atoms with Gasteiger partial charge in [0, 0.05) is 12.2 Å². The molecule has 0 saturated heterocycles. The number of hydrogen-bond donors (Lipinski definition) is 0. The minimum atomic E-state index is -0.101. The van der Waals surface area contributed by atoms with Crippen molar-refractivity contribution < 1.29 is 4.79 Å². The van der Waals surface area contributed by atoms with Gasteiger partial charge < -0.3 is 4.90 Å². The molecular formula is C13H12N2O. The van der Waals surface area contributed by atoms with Crippen LogP contribution in [0.2, 0.25) is 0 Å². The summed E-state index contributed by atoms with van der Waals surface area (Å²) in [7, 11) is 0. The number of amides is 1. The number of rotatable bonds is 1. The highest BCUT2D eigenvalue weighted by molar-refractivity contribution is 6.02. The van der Waals surface area contributed by atoms with Crippen LogP contribution in [0.15, 0.2) is 30.9 Å². The molecule has 0 aromatic heterocycles. The number of fused-ring (bicyclic) bond motifs is 1. The molecule has 0 spiro atoms. The van der Waals surface area contributed by atoms with E-state index in [1.165, 1.54) is 6.08 Å². The second-order valence-electron chi connectivity index (χ2n) is 3.71. The summed E-state index contributed by atoms with van der Waals surface area (Å²) in [5, 5.41) is 9.00. The summed E-state index contributed by atoms with van der Waals surface area (Å²) in [5.41, 5.74) is 2.50. The van der Waals surface area contributed by atoms with Crippen LogP contribution < -0.4 is 4.90 Å². The molecular weight excluding hydrogens is 200 g/mol. The van der Waals surface area contributed by atoms with E-state index in [9.17, 15) is 4.79 Å². The van der Waals surface area contributed by atoms with Crippen LogP contribution in [0.3, 0.4) is 0 Å². The highest BCUT2D eigenvalue weighted by atomic mass is 16.2. The van der Waals surface area contributed by atoms with Crippen molar-refractivity contribution >= 4 is 11.6 Å². The minimum Gasteiger partial charge on any atom is -0.309 e. The van der Waals surface area contributed by atoms with Gasteiger partial charge in [-0.3, -0.25) is 4.79 Å². The smallest absolute Gasteiger partial charge is 0.250 e. The zero-order valence-corrected chi connectivity index (χ0v) is 8.94. The van der Waals surface area contributed by atoms with Gasteiger partial charge in [0.1, 0.15) is 0 Å². The van der Waals surface area contributed by atoms with Crippen LogP contribution in [-0.2, 0) is 11.2 Å². The van der Waals surface area contributed by atoms with Gasteiger partial charge in [-0.2, -0.15) is 5.26 Å². The molecule has 3 nitrogen and oxygen atoms in total. The van der Waals surface area contributed by atoms with Gasteiger partial charge in [0.25, 0.3) is 0 Å². The second kappa shape index (κ2) is 4.19.